The minimum atomic E-state index is -0.337. The SMILES string of the molecule is Cc1c(Cl)ccc(NC(=O)N2CCOCC2CO)c1Cl. The Morgan fingerprint density at radius 1 is 1.55 bits per heavy atom. The largest absolute Gasteiger partial charge is 0.394 e. The Bertz CT molecular complexity index is 511. The van der Waals surface area contributed by atoms with Crippen molar-refractivity contribution in [2.45, 2.75) is 13.0 Å². The van der Waals surface area contributed by atoms with Crippen molar-refractivity contribution in [2.24, 2.45) is 0 Å². The van der Waals surface area contributed by atoms with E-state index in [2.05, 4.69) is 5.32 Å². The Balaban J connectivity index is 2.13. The number of nitrogens with one attached hydrogen (secondary N) is 1. The summed E-state index contributed by atoms with van der Waals surface area (Å²) in [6, 6.07) is 2.69. The lowest BCUT2D eigenvalue weighted by Crippen LogP contribution is -2.52. The molecule has 7 heteroatoms. The van der Waals surface area contributed by atoms with Crippen molar-refractivity contribution in [3.63, 3.8) is 0 Å². The number of hydrogen-bond donors (Lipinski definition) is 2. The maximum atomic E-state index is 12.2. The van der Waals surface area contributed by atoms with Gasteiger partial charge in [-0.3, -0.25) is 0 Å². The fourth-order valence-electron chi connectivity index (χ4n) is 2.02. The first kappa shape index (κ1) is 15.4. The highest BCUT2D eigenvalue weighted by Crippen LogP contribution is 2.31. The van der Waals surface area contributed by atoms with Crippen molar-refractivity contribution in [3.05, 3.63) is 27.7 Å². The molecule has 1 aliphatic rings. The first-order valence-electron chi connectivity index (χ1n) is 6.25. The Hall–Kier alpha value is -1.01. The molecular formula is C13H16Cl2N2O3. The van der Waals surface area contributed by atoms with E-state index in [9.17, 15) is 9.90 Å². The lowest BCUT2D eigenvalue weighted by molar-refractivity contribution is -0.00485. The van der Waals surface area contributed by atoms with E-state index in [0.29, 0.717) is 41.1 Å². The Labute approximate surface area is 127 Å². The van der Waals surface area contributed by atoms with E-state index in [1.165, 1.54) is 0 Å². The Morgan fingerprint density at radius 2 is 2.30 bits per heavy atom. The van der Waals surface area contributed by atoms with E-state index in [0.717, 1.165) is 0 Å². The zero-order valence-corrected chi connectivity index (χ0v) is 12.5. The maximum Gasteiger partial charge on any atom is 0.322 e. The van der Waals surface area contributed by atoms with Crippen LogP contribution in [0, 0.1) is 6.92 Å². The van der Waals surface area contributed by atoms with Crippen LogP contribution in [0.2, 0.25) is 10.0 Å². The van der Waals surface area contributed by atoms with E-state index in [4.69, 9.17) is 27.9 Å². The molecule has 0 aliphatic carbocycles. The number of urea groups is 1. The predicted octanol–water partition coefficient (Wildman–Crippen LogP) is 2.53. The van der Waals surface area contributed by atoms with Crippen LogP contribution >= 0.6 is 23.2 Å². The molecule has 0 bridgehead atoms. The standard InChI is InChI=1S/C13H16Cl2N2O3/c1-8-10(14)2-3-11(12(8)15)16-13(19)17-4-5-20-7-9(17)6-18/h2-3,9,18H,4-7H2,1H3,(H,16,19). The third kappa shape index (κ3) is 3.17. The molecule has 1 fully saturated rings. The summed E-state index contributed by atoms with van der Waals surface area (Å²) in [5, 5.41) is 13.0. The molecule has 1 aromatic carbocycles. The van der Waals surface area contributed by atoms with Crippen LogP contribution in [0.25, 0.3) is 0 Å². The van der Waals surface area contributed by atoms with E-state index in [1.54, 1.807) is 24.0 Å². The van der Waals surface area contributed by atoms with Crippen LogP contribution in [-0.2, 0) is 4.74 Å². The van der Waals surface area contributed by atoms with Crippen LogP contribution in [0.4, 0.5) is 10.5 Å². The van der Waals surface area contributed by atoms with Gasteiger partial charge in [-0.1, -0.05) is 23.2 Å². The van der Waals surface area contributed by atoms with Gasteiger partial charge in [0, 0.05) is 11.6 Å². The monoisotopic (exact) mass is 318 g/mol. The summed E-state index contributed by atoms with van der Waals surface area (Å²) in [6.45, 7) is 2.86. The molecule has 1 aromatic rings. The van der Waals surface area contributed by atoms with Crippen molar-refractivity contribution in [3.8, 4) is 0 Å². The van der Waals surface area contributed by atoms with Gasteiger partial charge in [0.1, 0.15) is 0 Å². The second kappa shape index (κ2) is 6.63. The molecule has 1 atom stereocenters. The highest BCUT2D eigenvalue weighted by atomic mass is 35.5. The normalized spacial score (nSPS) is 19.0. The van der Waals surface area contributed by atoms with Gasteiger partial charge in [-0.05, 0) is 24.6 Å². The molecule has 0 saturated carbocycles. The fourth-order valence-corrected chi connectivity index (χ4v) is 2.44. The number of anilines is 1. The molecule has 2 rings (SSSR count). The van der Waals surface area contributed by atoms with Gasteiger partial charge >= 0.3 is 6.03 Å². The number of aliphatic hydroxyl groups excluding tert-OH is 1. The lowest BCUT2D eigenvalue weighted by atomic mass is 10.2. The maximum absolute atomic E-state index is 12.2. The van der Waals surface area contributed by atoms with Crippen molar-refractivity contribution >= 4 is 34.9 Å². The summed E-state index contributed by atoms with van der Waals surface area (Å²) in [5.74, 6) is 0. The van der Waals surface area contributed by atoms with E-state index < -0.39 is 0 Å². The first-order valence-corrected chi connectivity index (χ1v) is 7.01. The number of carbonyl (C=O) groups excluding carboxylic acids is 1. The summed E-state index contributed by atoms with van der Waals surface area (Å²) in [4.78, 5) is 13.8. The summed E-state index contributed by atoms with van der Waals surface area (Å²) in [7, 11) is 0. The first-order chi connectivity index (χ1) is 9.54. The third-order valence-corrected chi connectivity index (χ3v) is 4.16. The second-order valence-corrected chi connectivity index (χ2v) is 5.35. The van der Waals surface area contributed by atoms with Crippen LogP contribution in [0.3, 0.4) is 0 Å². The van der Waals surface area contributed by atoms with Gasteiger partial charge in [-0.2, -0.15) is 0 Å². The number of halogens is 2. The third-order valence-electron chi connectivity index (χ3n) is 3.26. The molecule has 1 aliphatic heterocycles. The molecule has 2 amide bonds. The molecule has 20 heavy (non-hydrogen) atoms. The second-order valence-electron chi connectivity index (χ2n) is 4.57. The van der Waals surface area contributed by atoms with Crippen molar-refractivity contribution in [1.82, 2.24) is 4.90 Å². The molecule has 0 spiro atoms. The molecule has 1 heterocycles. The van der Waals surface area contributed by atoms with Crippen LogP contribution in [0.5, 0.6) is 0 Å². The van der Waals surface area contributed by atoms with Crippen LogP contribution in [0.15, 0.2) is 12.1 Å². The van der Waals surface area contributed by atoms with Crippen molar-refractivity contribution in [2.75, 3.05) is 31.7 Å². The molecule has 5 nitrogen and oxygen atoms in total. The predicted molar refractivity (Wildman–Crippen MR) is 78.6 cm³/mol. The van der Waals surface area contributed by atoms with E-state index in [1.807, 2.05) is 0 Å². The van der Waals surface area contributed by atoms with Crippen LogP contribution in [0.1, 0.15) is 5.56 Å². The number of morpholine rings is 1. The minimum absolute atomic E-state index is 0.138. The number of nitrogens with zero attached hydrogens (tertiary/aromatic N) is 1. The number of benzene rings is 1. The number of rotatable bonds is 2. The van der Waals surface area contributed by atoms with Gasteiger partial charge in [-0.25, -0.2) is 4.79 Å². The summed E-state index contributed by atoms with van der Waals surface area (Å²) in [6.07, 6.45) is 0. The van der Waals surface area contributed by atoms with Crippen LogP contribution < -0.4 is 5.32 Å². The molecule has 0 radical (unpaired) electrons. The minimum Gasteiger partial charge on any atom is -0.394 e. The lowest BCUT2D eigenvalue weighted by Gasteiger charge is -2.34. The highest BCUT2D eigenvalue weighted by molar-refractivity contribution is 6.38. The number of hydrogen-bond acceptors (Lipinski definition) is 3. The van der Waals surface area contributed by atoms with Gasteiger partial charge in [0.2, 0.25) is 0 Å². The average molecular weight is 319 g/mol. The van der Waals surface area contributed by atoms with Crippen molar-refractivity contribution in [1.29, 1.82) is 0 Å². The number of aliphatic hydroxyl groups is 1. The molecule has 1 unspecified atom stereocenters. The smallest absolute Gasteiger partial charge is 0.322 e. The topological polar surface area (TPSA) is 61.8 Å². The van der Waals surface area contributed by atoms with Gasteiger partial charge in [0.05, 0.1) is 36.6 Å². The van der Waals surface area contributed by atoms with Crippen LogP contribution in [-0.4, -0.2) is 48.4 Å². The highest BCUT2D eigenvalue weighted by Gasteiger charge is 2.27. The summed E-state index contributed by atoms with van der Waals surface area (Å²) < 4.78 is 5.24. The van der Waals surface area contributed by atoms with Gasteiger partial charge in [0.25, 0.3) is 0 Å². The summed E-state index contributed by atoms with van der Waals surface area (Å²) >= 11 is 12.1. The number of ether oxygens (including phenoxy) is 1. The molecule has 2 N–H and O–H groups in total. The zero-order chi connectivity index (χ0) is 14.7. The number of carbonyl (C=O) groups is 1. The number of amides is 2. The van der Waals surface area contributed by atoms with E-state index >= 15 is 0 Å². The van der Waals surface area contributed by atoms with E-state index in [-0.39, 0.29) is 18.7 Å². The summed E-state index contributed by atoms with van der Waals surface area (Å²) in [5.41, 5.74) is 1.22. The Morgan fingerprint density at radius 3 is 3.00 bits per heavy atom. The molecule has 1 saturated heterocycles. The fraction of sp³-hybridized carbons (Fsp3) is 0.462. The molecule has 0 aromatic heterocycles. The van der Waals surface area contributed by atoms with Gasteiger partial charge in [-0.15, -0.1) is 0 Å². The Kier molecular flexibility index (Phi) is 5.10. The quantitative estimate of drug-likeness (QED) is 0.880. The van der Waals surface area contributed by atoms with Crippen molar-refractivity contribution < 1.29 is 14.6 Å². The molecular weight excluding hydrogens is 303 g/mol. The molecule has 110 valence electrons. The van der Waals surface area contributed by atoms with Gasteiger partial charge in [0.15, 0.2) is 0 Å². The zero-order valence-electron chi connectivity index (χ0n) is 11.0. The average Bonchev–Trinajstić information content (AvgIpc) is 2.47. The van der Waals surface area contributed by atoms with Gasteiger partial charge < -0.3 is 20.1 Å².